The topological polar surface area (TPSA) is 80.5 Å². The molecule has 2 rings (SSSR count). The number of sulfone groups is 1. The molecule has 1 atom stereocenters. The molecule has 0 aromatic heterocycles. The van der Waals surface area contributed by atoms with Crippen molar-refractivity contribution in [2.45, 2.75) is 25.3 Å². The Labute approximate surface area is 119 Å². The van der Waals surface area contributed by atoms with Gasteiger partial charge in [-0.25, -0.2) is 8.42 Å². The van der Waals surface area contributed by atoms with Crippen molar-refractivity contribution in [1.29, 1.82) is 0 Å². The molecule has 0 spiro atoms. The maximum atomic E-state index is 12.4. The largest absolute Gasteiger partial charge is 0.320 e. The lowest BCUT2D eigenvalue weighted by Gasteiger charge is -2.31. The van der Waals surface area contributed by atoms with Gasteiger partial charge in [-0.2, -0.15) is 0 Å². The van der Waals surface area contributed by atoms with Crippen LogP contribution in [0.4, 0.5) is 5.69 Å². The molecular weight excluding hydrogens is 276 g/mol. The molecule has 1 heterocycles. The van der Waals surface area contributed by atoms with Gasteiger partial charge in [-0.15, -0.1) is 0 Å². The van der Waals surface area contributed by atoms with Crippen LogP contribution in [0.25, 0.3) is 0 Å². The molecule has 1 amide bonds. The molecular formula is C14H20N2O3S. The Hall–Kier alpha value is -1.40. The van der Waals surface area contributed by atoms with Gasteiger partial charge in [0, 0.05) is 18.5 Å². The van der Waals surface area contributed by atoms with Gasteiger partial charge in [0.25, 0.3) is 0 Å². The predicted molar refractivity (Wildman–Crippen MR) is 79.4 cm³/mol. The summed E-state index contributed by atoms with van der Waals surface area (Å²) in [6, 6.07) is 7.01. The van der Waals surface area contributed by atoms with Crippen LogP contribution in [0.5, 0.6) is 0 Å². The zero-order valence-corrected chi connectivity index (χ0v) is 12.4. The molecule has 2 N–H and O–H groups in total. The monoisotopic (exact) mass is 296 g/mol. The van der Waals surface area contributed by atoms with Crippen LogP contribution in [-0.4, -0.2) is 38.9 Å². The number of nitrogens with two attached hydrogens (primary N) is 1. The van der Waals surface area contributed by atoms with Crippen LogP contribution in [0.15, 0.2) is 24.3 Å². The summed E-state index contributed by atoms with van der Waals surface area (Å²) in [6.45, 7) is 0.641. The van der Waals surface area contributed by atoms with E-state index in [0.29, 0.717) is 6.54 Å². The standard InChI is InChI=1S/C14H20N2O3S/c1-20(18,19)10-8-12(15)14(17)16-9-4-6-11-5-2-3-7-13(11)16/h2-3,5,7,12H,4,6,8-10,15H2,1H3. The van der Waals surface area contributed by atoms with Crippen molar-refractivity contribution in [3.05, 3.63) is 29.8 Å². The van der Waals surface area contributed by atoms with Crippen LogP contribution >= 0.6 is 0 Å². The van der Waals surface area contributed by atoms with Crippen molar-refractivity contribution in [2.75, 3.05) is 23.5 Å². The average molecular weight is 296 g/mol. The summed E-state index contributed by atoms with van der Waals surface area (Å²) in [6.07, 6.45) is 3.18. The smallest absolute Gasteiger partial charge is 0.243 e. The molecule has 1 aliphatic rings. The van der Waals surface area contributed by atoms with E-state index in [0.717, 1.165) is 30.3 Å². The average Bonchev–Trinajstić information content (AvgIpc) is 2.42. The number of amides is 1. The number of carbonyl (C=O) groups is 1. The van der Waals surface area contributed by atoms with E-state index in [2.05, 4.69) is 0 Å². The lowest BCUT2D eigenvalue weighted by molar-refractivity contribution is -0.119. The van der Waals surface area contributed by atoms with E-state index in [1.54, 1.807) is 4.90 Å². The van der Waals surface area contributed by atoms with E-state index in [4.69, 9.17) is 5.73 Å². The van der Waals surface area contributed by atoms with Gasteiger partial charge in [-0.05, 0) is 30.9 Å². The van der Waals surface area contributed by atoms with Crippen molar-refractivity contribution < 1.29 is 13.2 Å². The number of anilines is 1. The van der Waals surface area contributed by atoms with E-state index in [1.165, 1.54) is 0 Å². The Morgan fingerprint density at radius 1 is 1.40 bits per heavy atom. The molecule has 6 heteroatoms. The van der Waals surface area contributed by atoms with Crippen LogP contribution in [-0.2, 0) is 21.1 Å². The minimum Gasteiger partial charge on any atom is -0.320 e. The molecule has 0 bridgehead atoms. The number of para-hydroxylation sites is 1. The Morgan fingerprint density at radius 2 is 2.10 bits per heavy atom. The quantitative estimate of drug-likeness (QED) is 0.888. The maximum absolute atomic E-state index is 12.4. The van der Waals surface area contributed by atoms with Crippen LogP contribution in [0.1, 0.15) is 18.4 Å². The zero-order chi connectivity index (χ0) is 14.8. The Bertz CT molecular complexity index is 598. The Morgan fingerprint density at radius 3 is 2.80 bits per heavy atom. The first kappa shape index (κ1) is 15.0. The summed E-state index contributed by atoms with van der Waals surface area (Å²) in [5, 5.41) is 0. The van der Waals surface area contributed by atoms with Gasteiger partial charge < -0.3 is 10.6 Å². The second-order valence-electron chi connectivity index (χ2n) is 5.25. The number of hydrogen-bond donors (Lipinski definition) is 1. The second kappa shape index (κ2) is 5.93. The number of benzene rings is 1. The number of carbonyl (C=O) groups excluding carboxylic acids is 1. The summed E-state index contributed by atoms with van der Waals surface area (Å²) in [7, 11) is -3.09. The molecule has 0 radical (unpaired) electrons. The summed E-state index contributed by atoms with van der Waals surface area (Å²) in [4.78, 5) is 14.1. The lowest BCUT2D eigenvalue weighted by atomic mass is 10.0. The third kappa shape index (κ3) is 3.58. The summed E-state index contributed by atoms with van der Waals surface area (Å²) in [5.74, 6) is -0.254. The molecule has 1 unspecified atom stereocenters. The number of aryl methyl sites for hydroxylation is 1. The van der Waals surface area contributed by atoms with Crippen molar-refractivity contribution in [1.82, 2.24) is 0 Å². The number of hydrogen-bond acceptors (Lipinski definition) is 4. The molecule has 110 valence electrons. The van der Waals surface area contributed by atoms with E-state index >= 15 is 0 Å². The van der Waals surface area contributed by atoms with Crippen molar-refractivity contribution >= 4 is 21.4 Å². The fourth-order valence-corrected chi connectivity index (χ4v) is 3.11. The van der Waals surface area contributed by atoms with Gasteiger partial charge in [0.15, 0.2) is 0 Å². The summed E-state index contributed by atoms with van der Waals surface area (Å²) in [5.41, 5.74) is 7.90. The Balaban J connectivity index is 2.10. The predicted octanol–water partition coefficient (Wildman–Crippen LogP) is 0.728. The van der Waals surface area contributed by atoms with Gasteiger partial charge >= 0.3 is 0 Å². The molecule has 1 aliphatic heterocycles. The molecule has 20 heavy (non-hydrogen) atoms. The van der Waals surface area contributed by atoms with Crippen molar-refractivity contribution in [3.63, 3.8) is 0 Å². The van der Waals surface area contributed by atoms with Crippen LogP contribution in [0.2, 0.25) is 0 Å². The first-order valence-corrected chi connectivity index (χ1v) is 8.77. The van der Waals surface area contributed by atoms with Gasteiger partial charge in [0.2, 0.25) is 5.91 Å². The van der Waals surface area contributed by atoms with Gasteiger partial charge in [-0.1, -0.05) is 18.2 Å². The van der Waals surface area contributed by atoms with Gasteiger partial charge in [0.1, 0.15) is 9.84 Å². The highest BCUT2D eigenvalue weighted by Gasteiger charge is 2.26. The molecule has 5 nitrogen and oxygen atoms in total. The molecule has 1 aromatic carbocycles. The first-order chi connectivity index (χ1) is 9.38. The van der Waals surface area contributed by atoms with E-state index in [1.807, 2.05) is 24.3 Å². The van der Waals surface area contributed by atoms with E-state index in [-0.39, 0.29) is 18.1 Å². The van der Waals surface area contributed by atoms with Gasteiger partial charge in [-0.3, -0.25) is 4.79 Å². The highest BCUT2D eigenvalue weighted by Crippen LogP contribution is 2.27. The molecule has 0 saturated heterocycles. The van der Waals surface area contributed by atoms with Crippen LogP contribution < -0.4 is 10.6 Å². The van der Waals surface area contributed by atoms with Crippen LogP contribution in [0, 0.1) is 0 Å². The minimum absolute atomic E-state index is 0.0601. The lowest BCUT2D eigenvalue weighted by Crippen LogP contribution is -2.46. The van der Waals surface area contributed by atoms with Crippen LogP contribution in [0.3, 0.4) is 0 Å². The SMILES string of the molecule is CS(=O)(=O)CCC(N)C(=O)N1CCCc2ccccc21. The number of rotatable bonds is 4. The minimum atomic E-state index is -3.09. The first-order valence-electron chi connectivity index (χ1n) is 6.71. The fourth-order valence-electron chi connectivity index (χ4n) is 2.43. The second-order valence-corrected chi connectivity index (χ2v) is 7.51. The molecule has 0 fully saturated rings. The third-order valence-electron chi connectivity index (χ3n) is 3.49. The number of fused-ring (bicyclic) bond motifs is 1. The van der Waals surface area contributed by atoms with Gasteiger partial charge in [0.05, 0.1) is 11.8 Å². The van der Waals surface area contributed by atoms with Crippen molar-refractivity contribution in [2.24, 2.45) is 5.73 Å². The summed E-state index contributed by atoms with van der Waals surface area (Å²) >= 11 is 0. The fraction of sp³-hybridized carbons (Fsp3) is 0.500. The maximum Gasteiger partial charge on any atom is 0.243 e. The third-order valence-corrected chi connectivity index (χ3v) is 4.47. The van der Waals surface area contributed by atoms with E-state index in [9.17, 15) is 13.2 Å². The van der Waals surface area contributed by atoms with E-state index < -0.39 is 15.9 Å². The molecule has 1 aromatic rings. The normalized spacial score (nSPS) is 16.6. The molecule has 0 aliphatic carbocycles. The Kier molecular flexibility index (Phi) is 4.45. The highest BCUT2D eigenvalue weighted by atomic mass is 32.2. The highest BCUT2D eigenvalue weighted by molar-refractivity contribution is 7.90. The van der Waals surface area contributed by atoms with Crippen molar-refractivity contribution in [3.8, 4) is 0 Å². The zero-order valence-electron chi connectivity index (χ0n) is 11.6. The molecule has 0 saturated carbocycles. The number of nitrogens with zero attached hydrogens (tertiary/aromatic N) is 1. The summed E-state index contributed by atoms with van der Waals surface area (Å²) < 4.78 is 22.3.